The van der Waals surface area contributed by atoms with Crippen molar-refractivity contribution < 1.29 is 19.4 Å². The number of hydrogen-bond donors (Lipinski definition) is 1. The molecule has 0 saturated carbocycles. The summed E-state index contributed by atoms with van der Waals surface area (Å²) in [4.78, 5) is 40.5. The van der Waals surface area contributed by atoms with E-state index in [4.69, 9.17) is 9.72 Å². The number of esters is 1. The highest BCUT2D eigenvalue weighted by Gasteiger charge is 2.29. The third-order valence-electron chi connectivity index (χ3n) is 7.13. The summed E-state index contributed by atoms with van der Waals surface area (Å²) in [5, 5.41) is 10.8. The largest absolute Gasteiger partial charge is 0.461 e. The molecule has 3 aromatic carbocycles. The molecule has 0 aliphatic carbocycles. The van der Waals surface area contributed by atoms with Gasteiger partial charge in [0.1, 0.15) is 0 Å². The molecule has 1 aliphatic rings. The number of aliphatic hydroxyl groups is 1. The zero-order valence-corrected chi connectivity index (χ0v) is 24.3. The lowest BCUT2D eigenvalue weighted by molar-refractivity contribution is 0.0521. The standard InChI is InChI=1S/C31H28N4O4S2/c1-3-39-29(38)26-27(21-13-11-19(18-36)12-14-21)41-31(33-26)35-16-15-20-7-6-8-22(23(20)17-35)28(37)34(2)30-32-24-9-4-5-10-25(24)40-30/h4-14,36H,3,15-18H2,1-2H3. The van der Waals surface area contributed by atoms with E-state index in [9.17, 15) is 14.7 Å². The number of hydrogen-bond acceptors (Lipinski definition) is 9. The van der Waals surface area contributed by atoms with Gasteiger partial charge in [0.25, 0.3) is 5.91 Å². The second kappa shape index (κ2) is 11.4. The molecule has 3 heterocycles. The van der Waals surface area contributed by atoms with Crippen molar-refractivity contribution in [2.75, 3.05) is 30.0 Å². The fraction of sp³-hybridized carbons (Fsp3) is 0.226. The molecule has 0 bridgehead atoms. The van der Waals surface area contributed by atoms with Gasteiger partial charge in [-0.05, 0) is 53.8 Å². The lowest BCUT2D eigenvalue weighted by atomic mass is 9.94. The van der Waals surface area contributed by atoms with Crippen LogP contribution >= 0.6 is 22.7 Å². The molecule has 208 valence electrons. The molecule has 2 aromatic heterocycles. The van der Waals surface area contributed by atoms with Gasteiger partial charge >= 0.3 is 5.97 Å². The Morgan fingerprint density at radius 2 is 1.83 bits per heavy atom. The van der Waals surface area contributed by atoms with Crippen LogP contribution in [-0.2, 0) is 24.3 Å². The first kappa shape index (κ1) is 27.1. The summed E-state index contributed by atoms with van der Waals surface area (Å²) in [6, 6.07) is 21.2. The monoisotopic (exact) mass is 584 g/mol. The number of ether oxygens (including phenoxy) is 1. The molecule has 0 radical (unpaired) electrons. The fourth-order valence-corrected chi connectivity index (χ4v) is 6.96. The van der Waals surface area contributed by atoms with Gasteiger partial charge in [0, 0.05) is 25.7 Å². The Kier molecular flexibility index (Phi) is 7.53. The van der Waals surface area contributed by atoms with Crippen molar-refractivity contribution in [3.63, 3.8) is 0 Å². The summed E-state index contributed by atoms with van der Waals surface area (Å²) in [6.07, 6.45) is 0.746. The van der Waals surface area contributed by atoms with Gasteiger partial charge in [-0.3, -0.25) is 9.69 Å². The number of fused-ring (bicyclic) bond motifs is 2. The first-order valence-electron chi connectivity index (χ1n) is 13.3. The van der Waals surface area contributed by atoms with Crippen molar-refractivity contribution in [2.24, 2.45) is 0 Å². The molecule has 1 aliphatic heterocycles. The predicted molar refractivity (Wildman–Crippen MR) is 163 cm³/mol. The molecule has 1 N–H and O–H groups in total. The lowest BCUT2D eigenvalue weighted by Gasteiger charge is -2.30. The zero-order chi connectivity index (χ0) is 28.5. The van der Waals surface area contributed by atoms with Crippen molar-refractivity contribution in [1.29, 1.82) is 0 Å². The molecule has 10 heteroatoms. The second-order valence-electron chi connectivity index (χ2n) is 9.69. The van der Waals surface area contributed by atoms with Gasteiger partial charge < -0.3 is 14.7 Å². The minimum absolute atomic E-state index is 0.0542. The normalized spacial score (nSPS) is 12.8. The molecule has 0 spiro atoms. The van der Waals surface area contributed by atoms with E-state index >= 15 is 0 Å². The Bertz CT molecular complexity index is 1710. The molecule has 0 fully saturated rings. The molecule has 8 nitrogen and oxygen atoms in total. The van der Waals surface area contributed by atoms with Crippen LogP contribution in [0.4, 0.5) is 10.3 Å². The van der Waals surface area contributed by atoms with E-state index in [2.05, 4.69) is 16.0 Å². The molecular weight excluding hydrogens is 556 g/mol. The predicted octanol–water partition coefficient (Wildman–Crippen LogP) is 5.93. The zero-order valence-electron chi connectivity index (χ0n) is 22.7. The van der Waals surface area contributed by atoms with Crippen LogP contribution in [0.2, 0.25) is 0 Å². The SMILES string of the molecule is CCOC(=O)c1nc(N2CCc3cccc(C(=O)N(C)c4nc5ccccc5s4)c3C2)sc1-c1ccc(CO)cc1. The Hall–Kier alpha value is -4.12. The maximum Gasteiger partial charge on any atom is 0.358 e. The first-order valence-corrected chi connectivity index (χ1v) is 15.0. The number of aromatic nitrogens is 2. The van der Waals surface area contributed by atoms with Gasteiger partial charge in [-0.2, -0.15) is 0 Å². The minimum atomic E-state index is -0.470. The maximum atomic E-state index is 13.8. The molecule has 41 heavy (non-hydrogen) atoms. The third-order valence-corrected chi connectivity index (χ3v) is 9.41. The summed E-state index contributed by atoms with van der Waals surface area (Å²) in [7, 11) is 1.76. The van der Waals surface area contributed by atoms with Crippen LogP contribution in [-0.4, -0.2) is 47.2 Å². The average Bonchev–Trinajstić information content (AvgIpc) is 3.65. The number of benzene rings is 3. The van der Waals surface area contributed by atoms with Crippen LogP contribution < -0.4 is 9.80 Å². The van der Waals surface area contributed by atoms with E-state index in [0.717, 1.165) is 38.9 Å². The van der Waals surface area contributed by atoms with E-state index in [0.29, 0.717) is 33.8 Å². The van der Waals surface area contributed by atoms with Crippen molar-refractivity contribution in [3.05, 3.63) is 94.7 Å². The smallest absolute Gasteiger partial charge is 0.358 e. The summed E-state index contributed by atoms with van der Waals surface area (Å²) in [6.45, 7) is 3.16. The van der Waals surface area contributed by atoms with Crippen LogP contribution in [0.25, 0.3) is 20.7 Å². The highest BCUT2D eigenvalue weighted by Crippen LogP contribution is 2.38. The second-order valence-corrected chi connectivity index (χ2v) is 11.7. The molecule has 6 rings (SSSR count). The lowest BCUT2D eigenvalue weighted by Crippen LogP contribution is -2.34. The van der Waals surface area contributed by atoms with Crippen molar-refractivity contribution in [2.45, 2.75) is 26.5 Å². The Morgan fingerprint density at radius 1 is 1.02 bits per heavy atom. The highest BCUT2D eigenvalue weighted by atomic mass is 32.1. The average molecular weight is 585 g/mol. The number of anilines is 2. The van der Waals surface area contributed by atoms with Crippen molar-refractivity contribution in [3.8, 4) is 10.4 Å². The van der Waals surface area contributed by atoms with E-state index < -0.39 is 5.97 Å². The van der Waals surface area contributed by atoms with Crippen LogP contribution in [0.15, 0.2) is 66.7 Å². The Morgan fingerprint density at radius 3 is 2.59 bits per heavy atom. The third kappa shape index (κ3) is 5.21. The highest BCUT2D eigenvalue weighted by molar-refractivity contribution is 7.22. The van der Waals surface area contributed by atoms with Gasteiger partial charge in [0.15, 0.2) is 16.0 Å². The van der Waals surface area contributed by atoms with Crippen LogP contribution in [0.1, 0.15) is 44.5 Å². The number of para-hydroxylation sites is 1. The van der Waals surface area contributed by atoms with Crippen molar-refractivity contribution >= 4 is 55.0 Å². The first-order chi connectivity index (χ1) is 20.0. The topological polar surface area (TPSA) is 95.9 Å². The summed E-state index contributed by atoms with van der Waals surface area (Å²) in [5.74, 6) is -0.583. The van der Waals surface area contributed by atoms with E-state index in [-0.39, 0.29) is 24.8 Å². The summed E-state index contributed by atoms with van der Waals surface area (Å²) in [5.41, 5.74) is 5.49. The molecule has 1 amide bonds. The van der Waals surface area contributed by atoms with E-state index in [1.807, 2.05) is 60.7 Å². The molecule has 5 aromatic rings. The van der Waals surface area contributed by atoms with Gasteiger partial charge in [0.05, 0.1) is 28.3 Å². The molecule has 0 unspecified atom stereocenters. The number of carbonyl (C=O) groups excluding carboxylic acids is 2. The van der Waals surface area contributed by atoms with E-state index in [1.54, 1.807) is 18.9 Å². The number of nitrogens with zero attached hydrogens (tertiary/aromatic N) is 4. The number of amides is 1. The fourth-order valence-electron chi connectivity index (χ4n) is 4.95. The minimum Gasteiger partial charge on any atom is -0.461 e. The molecular formula is C31H28N4O4S2. The number of thiazole rings is 2. The number of rotatable bonds is 7. The van der Waals surface area contributed by atoms with Gasteiger partial charge in [-0.25, -0.2) is 14.8 Å². The van der Waals surface area contributed by atoms with Crippen LogP contribution in [0.3, 0.4) is 0 Å². The van der Waals surface area contributed by atoms with Gasteiger partial charge in [-0.15, -0.1) is 0 Å². The summed E-state index contributed by atoms with van der Waals surface area (Å²) < 4.78 is 6.36. The van der Waals surface area contributed by atoms with Crippen LogP contribution in [0, 0.1) is 0 Å². The van der Waals surface area contributed by atoms with Crippen LogP contribution in [0.5, 0.6) is 0 Å². The quantitative estimate of drug-likeness (QED) is 0.237. The molecule has 0 atom stereocenters. The van der Waals surface area contributed by atoms with Crippen molar-refractivity contribution in [1.82, 2.24) is 9.97 Å². The number of aliphatic hydroxyl groups excluding tert-OH is 1. The maximum absolute atomic E-state index is 13.8. The van der Waals surface area contributed by atoms with E-state index in [1.165, 1.54) is 22.7 Å². The van der Waals surface area contributed by atoms with Gasteiger partial charge in [-0.1, -0.05) is 71.2 Å². The summed E-state index contributed by atoms with van der Waals surface area (Å²) >= 11 is 2.92. The Labute approximate surface area is 245 Å². The molecule has 0 saturated heterocycles. The number of carbonyl (C=O) groups is 2. The van der Waals surface area contributed by atoms with Gasteiger partial charge in [0.2, 0.25) is 0 Å². The Balaban J connectivity index is 1.32.